The lowest BCUT2D eigenvalue weighted by Gasteiger charge is -2.33. The van der Waals surface area contributed by atoms with Crippen molar-refractivity contribution < 1.29 is 5.11 Å². The average molecular weight is 245 g/mol. The van der Waals surface area contributed by atoms with Gasteiger partial charge in [-0.15, -0.1) is 0 Å². The van der Waals surface area contributed by atoms with E-state index >= 15 is 0 Å². The van der Waals surface area contributed by atoms with Gasteiger partial charge in [0.25, 0.3) is 0 Å². The zero-order chi connectivity index (χ0) is 12.5. The number of nitrogens with zero attached hydrogens (tertiary/aromatic N) is 1. The topological polar surface area (TPSA) is 23.5 Å². The Kier molecular flexibility index (Phi) is 3.29. The second-order valence-corrected chi connectivity index (χ2v) is 5.80. The van der Waals surface area contributed by atoms with E-state index in [0.717, 1.165) is 11.6 Å². The van der Waals surface area contributed by atoms with Crippen LogP contribution >= 0.6 is 0 Å². The van der Waals surface area contributed by atoms with Crippen molar-refractivity contribution in [3.63, 3.8) is 0 Å². The monoisotopic (exact) mass is 245 g/mol. The second-order valence-electron chi connectivity index (χ2n) is 5.80. The maximum absolute atomic E-state index is 9.73. The molecular weight excluding hydrogens is 222 g/mol. The minimum Gasteiger partial charge on any atom is -0.389 e. The molecule has 1 saturated carbocycles. The van der Waals surface area contributed by atoms with Crippen LogP contribution in [0.15, 0.2) is 18.2 Å². The Morgan fingerprint density at radius 1 is 1.22 bits per heavy atom. The second kappa shape index (κ2) is 4.93. The number of hydrogen-bond donors (Lipinski definition) is 1. The summed E-state index contributed by atoms with van der Waals surface area (Å²) in [6, 6.07) is 7.24. The molecule has 2 heteroatoms. The molecular formula is C16H23NO. The molecule has 1 aromatic carbocycles. The van der Waals surface area contributed by atoms with Crippen LogP contribution in [-0.2, 0) is 6.42 Å². The first-order valence-corrected chi connectivity index (χ1v) is 7.33. The van der Waals surface area contributed by atoms with Gasteiger partial charge in [0, 0.05) is 18.3 Å². The fourth-order valence-corrected chi connectivity index (χ4v) is 3.45. The van der Waals surface area contributed by atoms with Gasteiger partial charge in [-0.3, -0.25) is 0 Å². The molecule has 0 radical (unpaired) electrons. The standard InChI is InChI=1S/C16H23NO/c1-12(18)14-8-7-13-9-10-17(16(13)11-14)15-5-3-2-4-6-15/h7-8,11-12,15,18H,2-6,9-10H2,1H3. The van der Waals surface area contributed by atoms with Crippen molar-refractivity contribution in [1.29, 1.82) is 0 Å². The highest BCUT2D eigenvalue weighted by Gasteiger charge is 2.27. The Balaban J connectivity index is 1.87. The highest BCUT2D eigenvalue weighted by Crippen LogP contribution is 2.35. The van der Waals surface area contributed by atoms with Crippen LogP contribution in [0.3, 0.4) is 0 Å². The van der Waals surface area contributed by atoms with Gasteiger partial charge in [-0.25, -0.2) is 0 Å². The molecule has 0 bridgehead atoms. The lowest BCUT2D eigenvalue weighted by molar-refractivity contribution is 0.199. The van der Waals surface area contributed by atoms with Gasteiger partial charge in [-0.1, -0.05) is 31.4 Å². The fourth-order valence-electron chi connectivity index (χ4n) is 3.45. The van der Waals surface area contributed by atoms with Crippen molar-refractivity contribution in [3.8, 4) is 0 Å². The van der Waals surface area contributed by atoms with Crippen LogP contribution in [0, 0.1) is 0 Å². The summed E-state index contributed by atoms with van der Waals surface area (Å²) in [5.41, 5.74) is 3.90. The van der Waals surface area contributed by atoms with Gasteiger partial charge < -0.3 is 10.0 Å². The third-order valence-electron chi connectivity index (χ3n) is 4.54. The summed E-state index contributed by atoms with van der Waals surface area (Å²) >= 11 is 0. The van der Waals surface area contributed by atoms with Crippen molar-refractivity contribution in [1.82, 2.24) is 0 Å². The molecule has 1 aliphatic carbocycles. The summed E-state index contributed by atoms with van der Waals surface area (Å²) < 4.78 is 0. The van der Waals surface area contributed by atoms with Crippen molar-refractivity contribution in [3.05, 3.63) is 29.3 Å². The Bertz CT molecular complexity index is 421. The molecule has 1 atom stereocenters. The number of rotatable bonds is 2. The van der Waals surface area contributed by atoms with Crippen LogP contribution in [-0.4, -0.2) is 17.7 Å². The molecule has 1 N–H and O–H groups in total. The lowest BCUT2D eigenvalue weighted by Crippen LogP contribution is -2.35. The van der Waals surface area contributed by atoms with E-state index in [9.17, 15) is 5.11 Å². The van der Waals surface area contributed by atoms with Crippen LogP contribution in [0.1, 0.15) is 56.3 Å². The quantitative estimate of drug-likeness (QED) is 0.863. The molecule has 1 heterocycles. The number of benzene rings is 1. The van der Waals surface area contributed by atoms with Crippen LogP contribution in [0.4, 0.5) is 5.69 Å². The maximum atomic E-state index is 9.73. The van der Waals surface area contributed by atoms with Crippen molar-refractivity contribution >= 4 is 5.69 Å². The molecule has 18 heavy (non-hydrogen) atoms. The third-order valence-corrected chi connectivity index (χ3v) is 4.54. The SMILES string of the molecule is CC(O)c1ccc2c(c1)N(C1CCCCC1)CC2. The van der Waals surface area contributed by atoms with Gasteiger partial charge in [-0.2, -0.15) is 0 Å². The summed E-state index contributed by atoms with van der Waals surface area (Å²) in [5, 5.41) is 9.73. The minimum atomic E-state index is -0.357. The first-order chi connectivity index (χ1) is 8.75. The summed E-state index contributed by atoms with van der Waals surface area (Å²) in [5.74, 6) is 0. The molecule has 0 spiro atoms. The Labute approximate surface area is 110 Å². The Hall–Kier alpha value is -1.02. The van der Waals surface area contributed by atoms with E-state index in [-0.39, 0.29) is 6.10 Å². The van der Waals surface area contributed by atoms with E-state index in [2.05, 4.69) is 23.1 Å². The molecule has 3 rings (SSSR count). The summed E-state index contributed by atoms with van der Waals surface area (Å²) in [4.78, 5) is 2.60. The zero-order valence-corrected chi connectivity index (χ0v) is 11.2. The minimum absolute atomic E-state index is 0.357. The molecule has 0 saturated heterocycles. The lowest BCUT2D eigenvalue weighted by atomic mass is 9.94. The van der Waals surface area contributed by atoms with Gasteiger partial charge >= 0.3 is 0 Å². The molecule has 0 aromatic heterocycles. The van der Waals surface area contributed by atoms with E-state index in [1.807, 2.05) is 6.92 Å². The van der Waals surface area contributed by atoms with Gasteiger partial charge in [0.15, 0.2) is 0 Å². The molecule has 1 unspecified atom stereocenters. The number of fused-ring (bicyclic) bond motifs is 1. The van der Waals surface area contributed by atoms with Crippen molar-refractivity contribution in [2.45, 2.75) is 57.6 Å². The summed E-state index contributed by atoms with van der Waals surface area (Å²) in [6.45, 7) is 3.02. The predicted octanol–water partition coefficient (Wildman–Crippen LogP) is 3.44. The predicted molar refractivity (Wildman–Crippen MR) is 75.0 cm³/mol. The molecule has 2 nitrogen and oxygen atoms in total. The van der Waals surface area contributed by atoms with E-state index in [0.29, 0.717) is 0 Å². The van der Waals surface area contributed by atoms with Gasteiger partial charge in [0.05, 0.1) is 6.10 Å². The van der Waals surface area contributed by atoms with Gasteiger partial charge in [0.2, 0.25) is 0 Å². The van der Waals surface area contributed by atoms with Crippen molar-refractivity contribution in [2.75, 3.05) is 11.4 Å². The van der Waals surface area contributed by atoms with Gasteiger partial charge in [0.1, 0.15) is 0 Å². The van der Waals surface area contributed by atoms with Gasteiger partial charge in [-0.05, 0) is 43.4 Å². The number of aliphatic hydroxyl groups is 1. The first-order valence-electron chi connectivity index (χ1n) is 7.33. The van der Waals surface area contributed by atoms with Crippen LogP contribution < -0.4 is 4.90 Å². The fraction of sp³-hybridized carbons (Fsp3) is 0.625. The number of aliphatic hydroxyl groups excluding tert-OH is 1. The normalized spacial score (nSPS) is 22.0. The largest absolute Gasteiger partial charge is 0.389 e. The molecule has 1 aromatic rings. The highest BCUT2D eigenvalue weighted by molar-refractivity contribution is 5.60. The maximum Gasteiger partial charge on any atom is 0.0762 e. The van der Waals surface area contributed by atoms with Crippen LogP contribution in [0.2, 0.25) is 0 Å². The highest BCUT2D eigenvalue weighted by atomic mass is 16.3. The van der Waals surface area contributed by atoms with Crippen molar-refractivity contribution in [2.24, 2.45) is 0 Å². The molecule has 1 aliphatic heterocycles. The zero-order valence-electron chi connectivity index (χ0n) is 11.2. The Morgan fingerprint density at radius 3 is 2.72 bits per heavy atom. The summed E-state index contributed by atoms with van der Waals surface area (Å²) in [7, 11) is 0. The third kappa shape index (κ3) is 2.14. The molecule has 98 valence electrons. The number of anilines is 1. The van der Waals surface area contributed by atoms with E-state index in [4.69, 9.17) is 0 Å². The van der Waals surface area contributed by atoms with Crippen LogP contribution in [0.5, 0.6) is 0 Å². The average Bonchev–Trinajstić information content (AvgIpc) is 2.82. The number of hydrogen-bond acceptors (Lipinski definition) is 2. The summed E-state index contributed by atoms with van der Waals surface area (Å²) in [6.07, 6.45) is 7.68. The molecule has 0 amide bonds. The smallest absolute Gasteiger partial charge is 0.0762 e. The molecule has 1 fully saturated rings. The van der Waals surface area contributed by atoms with E-state index in [1.165, 1.54) is 56.3 Å². The Morgan fingerprint density at radius 2 is 2.00 bits per heavy atom. The van der Waals surface area contributed by atoms with Crippen LogP contribution in [0.25, 0.3) is 0 Å². The first kappa shape index (κ1) is 12.0. The van der Waals surface area contributed by atoms with E-state index < -0.39 is 0 Å². The van der Waals surface area contributed by atoms with E-state index in [1.54, 1.807) is 0 Å². The molecule has 2 aliphatic rings.